The zero-order chi connectivity index (χ0) is 21.7. The average Bonchev–Trinajstić information content (AvgIpc) is 3.21. The Kier molecular flexibility index (Phi) is 7.48. The number of thiophene rings is 1. The molecule has 0 saturated heterocycles. The van der Waals surface area contributed by atoms with Crippen LogP contribution in [0, 0.1) is 0 Å². The number of ether oxygens (including phenoxy) is 2. The maximum Gasteiger partial charge on any atom is 0.340 e. The molecule has 0 aliphatic heterocycles. The lowest BCUT2D eigenvalue weighted by Gasteiger charge is -2.12. The van der Waals surface area contributed by atoms with E-state index in [1.807, 2.05) is 0 Å². The molecule has 0 saturated carbocycles. The van der Waals surface area contributed by atoms with Gasteiger partial charge in [-0.3, -0.25) is 14.2 Å². The molecule has 158 valence electrons. The normalized spacial score (nSPS) is 10.9. The van der Waals surface area contributed by atoms with Gasteiger partial charge in [0.25, 0.3) is 5.56 Å². The first kappa shape index (κ1) is 22.3. The molecular formula is C19H18ClN3O5S2. The van der Waals surface area contributed by atoms with Gasteiger partial charge < -0.3 is 14.8 Å². The fraction of sp³-hybridized carbons (Fsp3) is 0.263. The molecule has 0 fully saturated rings. The Morgan fingerprint density at radius 1 is 1.30 bits per heavy atom. The first-order valence-electron chi connectivity index (χ1n) is 8.72. The molecule has 0 bridgehead atoms. The van der Waals surface area contributed by atoms with Gasteiger partial charge in [-0.05, 0) is 29.6 Å². The van der Waals surface area contributed by atoms with Crippen molar-refractivity contribution >= 4 is 62.5 Å². The molecule has 2 heterocycles. The summed E-state index contributed by atoms with van der Waals surface area (Å²) in [5.74, 6) is -0.998. The second kappa shape index (κ2) is 10.1. The van der Waals surface area contributed by atoms with Gasteiger partial charge in [0.05, 0.1) is 42.8 Å². The van der Waals surface area contributed by atoms with Gasteiger partial charge in [0.1, 0.15) is 4.70 Å². The molecular weight excluding hydrogens is 450 g/mol. The van der Waals surface area contributed by atoms with Crippen LogP contribution in [0.1, 0.15) is 10.4 Å². The van der Waals surface area contributed by atoms with Gasteiger partial charge in [-0.25, -0.2) is 9.78 Å². The van der Waals surface area contributed by atoms with E-state index in [4.69, 9.17) is 21.1 Å². The summed E-state index contributed by atoms with van der Waals surface area (Å²) in [6, 6.07) is 6.28. The highest BCUT2D eigenvalue weighted by molar-refractivity contribution is 7.99. The summed E-state index contributed by atoms with van der Waals surface area (Å²) < 4.78 is 11.9. The number of rotatable bonds is 8. The number of esters is 1. The summed E-state index contributed by atoms with van der Waals surface area (Å²) in [5, 5.41) is 5.24. The maximum atomic E-state index is 12.7. The molecule has 1 amide bonds. The highest BCUT2D eigenvalue weighted by Gasteiger charge is 2.17. The molecule has 8 nitrogen and oxygen atoms in total. The number of hydrogen-bond donors (Lipinski definition) is 1. The SMILES string of the molecule is COCCn1c(SCC(=O)Nc2ccc(Cl)cc2C(=O)OC)nc2ccsc2c1=O. The zero-order valence-corrected chi connectivity index (χ0v) is 18.5. The molecule has 30 heavy (non-hydrogen) atoms. The van der Waals surface area contributed by atoms with Crippen molar-refractivity contribution in [3.05, 3.63) is 50.6 Å². The predicted octanol–water partition coefficient (Wildman–Crippen LogP) is 3.28. The summed E-state index contributed by atoms with van der Waals surface area (Å²) in [4.78, 5) is 41.7. The predicted molar refractivity (Wildman–Crippen MR) is 118 cm³/mol. The van der Waals surface area contributed by atoms with E-state index in [-0.39, 0.29) is 28.5 Å². The molecule has 0 unspecified atom stereocenters. The Morgan fingerprint density at radius 3 is 2.83 bits per heavy atom. The number of hydrogen-bond acceptors (Lipinski definition) is 8. The number of aromatic nitrogens is 2. The summed E-state index contributed by atoms with van der Waals surface area (Å²) in [6.45, 7) is 0.662. The molecule has 0 atom stereocenters. The third-order valence-corrected chi connectivity index (χ3v) is 6.15. The molecule has 2 aromatic heterocycles. The van der Waals surface area contributed by atoms with E-state index in [0.29, 0.717) is 33.5 Å². The van der Waals surface area contributed by atoms with Crippen LogP contribution in [0.5, 0.6) is 0 Å². The van der Waals surface area contributed by atoms with Gasteiger partial charge in [-0.2, -0.15) is 0 Å². The number of carbonyl (C=O) groups is 2. The van der Waals surface area contributed by atoms with E-state index in [1.54, 1.807) is 24.6 Å². The molecule has 3 rings (SSSR count). The van der Waals surface area contributed by atoms with Crippen LogP contribution in [0.4, 0.5) is 5.69 Å². The van der Waals surface area contributed by atoms with E-state index < -0.39 is 5.97 Å². The molecule has 1 N–H and O–H groups in total. The lowest BCUT2D eigenvalue weighted by Crippen LogP contribution is -2.25. The van der Waals surface area contributed by atoms with E-state index >= 15 is 0 Å². The monoisotopic (exact) mass is 467 g/mol. The summed E-state index contributed by atoms with van der Waals surface area (Å²) in [6.07, 6.45) is 0. The van der Waals surface area contributed by atoms with E-state index in [0.717, 1.165) is 11.8 Å². The molecule has 0 aliphatic carbocycles. The van der Waals surface area contributed by atoms with Crippen molar-refractivity contribution in [1.29, 1.82) is 0 Å². The molecule has 3 aromatic rings. The fourth-order valence-electron chi connectivity index (χ4n) is 2.63. The highest BCUT2D eigenvalue weighted by atomic mass is 35.5. The fourth-order valence-corrected chi connectivity index (χ4v) is 4.41. The minimum absolute atomic E-state index is 0.0156. The van der Waals surface area contributed by atoms with Gasteiger partial charge >= 0.3 is 5.97 Å². The first-order valence-corrected chi connectivity index (χ1v) is 11.0. The topological polar surface area (TPSA) is 99.5 Å². The molecule has 0 spiro atoms. The van der Waals surface area contributed by atoms with Gasteiger partial charge in [-0.1, -0.05) is 23.4 Å². The van der Waals surface area contributed by atoms with Crippen molar-refractivity contribution in [3.63, 3.8) is 0 Å². The Morgan fingerprint density at radius 2 is 2.10 bits per heavy atom. The molecule has 0 radical (unpaired) electrons. The number of fused-ring (bicyclic) bond motifs is 1. The van der Waals surface area contributed by atoms with Crippen molar-refractivity contribution in [1.82, 2.24) is 9.55 Å². The van der Waals surface area contributed by atoms with Gasteiger partial charge in [0.15, 0.2) is 5.16 Å². The van der Waals surface area contributed by atoms with Gasteiger partial charge in [-0.15, -0.1) is 11.3 Å². The standard InChI is InChI=1S/C19H18ClN3O5S2/c1-27-7-6-23-17(25)16-14(5-8-29-16)22-19(23)30-10-15(24)21-13-4-3-11(20)9-12(13)18(26)28-2/h3-5,8-9H,6-7,10H2,1-2H3,(H,21,24). The average molecular weight is 468 g/mol. The number of methoxy groups -OCH3 is 2. The van der Waals surface area contributed by atoms with Crippen molar-refractivity contribution in [2.24, 2.45) is 0 Å². The minimum Gasteiger partial charge on any atom is -0.465 e. The van der Waals surface area contributed by atoms with Gasteiger partial charge in [0.2, 0.25) is 5.91 Å². The number of nitrogens with zero attached hydrogens (tertiary/aromatic N) is 2. The second-order valence-corrected chi connectivity index (χ2v) is 8.29. The number of halogens is 1. The van der Waals surface area contributed by atoms with Crippen LogP contribution in [0.2, 0.25) is 5.02 Å². The minimum atomic E-state index is -0.613. The Balaban J connectivity index is 1.79. The summed E-state index contributed by atoms with van der Waals surface area (Å²) >= 11 is 8.38. The third kappa shape index (κ3) is 5.01. The smallest absolute Gasteiger partial charge is 0.340 e. The van der Waals surface area contributed by atoms with Crippen molar-refractivity contribution in [3.8, 4) is 0 Å². The Labute approximate surface area is 185 Å². The third-order valence-electron chi connectivity index (χ3n) is 4.04. The van der Waals surface area contributed by atoms with Crippen LogP contribution < -0.4 is 10.9 Å². The van der Waals surface area contributed by atoms with Crippen LogP contribution >= 0.6 is 34.7 Å². The molecule has 11 heteroatoms. The van der Waals surface area contributed by atoms with Crippen LogP contribution in [0.15, 0.2) is 39.6 Å². The Hall–Kier alpha value is -2.40. The lowest BCUT2D eigenvalue weighted by atomic mass is 10.2. The highest BCUT2D eigenvalue weighted by Crippen LogP contribution is 2.24. The Bertz CT molecular complexity index is 1140. The molecule has 1 aromatic carbocycles. The van der Waals surface area contributed by atoms with Crippen LogP contribution in [0.3, 0.4) is 0 Å². The number of carbonyl (C=O) groups excluding carboxylic acids is 2. The van der Waals surface area contributed by atoms with E-state index in [1.165, 1.54) is 35.1 Å². The van der Waals surface area contributed by atoms with E-state index in [9.17, 15) is 14.4 Å². The number of thioether (sulfide) groups is 1. The van der Waals surface area contributed by atoms with Gasteiger partial charge in [0, 0.05) is 12.1 Å². The van der Waals surface area contributed by atoms with Crippen LogP contribution in [0.25, 0.3) is 10.2 Å². The van der Waals surface area contributed by atoms with Crippen molar-refractivity contribution in [2.45, 2.75) is 11.7 Å². The van der Waals surface area contributed by atoms with Crippen molar-refractivity contribution in [2.75, 3.05) is 31.9 Å². The quantitative estimate of drug-likeness (QED) is 0.308. The number of amides is 1. The van der Waals surface area contributed by atoms with Crippen molar-refractivity contribution < 1.29 is 19.1 Å². The number of anilines is 1. The summed E-state index contributed by atoms with van der Waals surface area (Å²) in [7, 11) is 2.80. The van der Waals surface area contributed by atoms with Crippen LogP contribution in [-0.2, 0) is 20.8 Å². The molecule has 0 aliphatic rings. The maximum absolute atomic E-state index is 12.7. The number of nitrogens with one attached hydrogen (secondary N) is 1. The largest absolute Gasteiger partial charge is 0.465 e. The van der Waals surface area contributed by atoms with E-state index in [2.05, 4.69) is 10.3 Å². The summed E-state index contributed by atoms with van der Waals surface area (Å²) in [5.41, 5.74) is 0.862. The van der Waals surface area contributed by atoms with Crippen LogP contribution in [-0.4, -0.2) is 48.0 Å². The first-order chi connectivity index (χ1) is 14.4. The second-order valence-electron chi connectivity index (χ2n) is 6.00. The zero-order valence-electron chi connectivity index (χ0n) is 16.1. The lowest BCUT2D eigenvalue weighted by molar-refractivity contribution is -0.113. The number of benzene rings is 1.